The van der Waals surface area contributed by atoms with E-state index in [4.69, 9.17) is 14.2 Å². The summed E-state index contributed by atoms with van der Waals surface area (Å²) in [4.78, 5) is 0. The fourth-order valence-corrected chi connectivity index (χ4v) is 3.46. The fourth-order valence-electron chi connectivity index (χ4n) is 3.46. The molecular formula is C23H27F3O3. The van der Waals surface area contributed by atoms with Crippen molar-refractivity contribution in [2.24, 2.45) is 0 Å². The van der Waals surface area contributed by atoms with Gasteiger partial charge in [0.15, 0.2) is 17.9 Å². The predicted octanol–water partition coefficient (Wildman–Crippen LogP) is 6.21. The van der Waals surface area contributed by atoms with Crippen molar-refractivity contribution < 1.29 is 27.4 Å². The number of hydrogen-bond acceptors (Lipinski definition) is 3. The highest BCUT2D eigenvalue weighted by Gasteiger charge is 2.26. The molecule has 6 heteroatoms. The first-order chi connectivity index (χ1) is 14.0. The SMILES string of the molecule is CCCOc1ccc(-c2ccc(C3CCC(OCCC)OC3)c(F)c2)c(F)c1F. The van der Waals surface area contributed by atoms with Gasteiger partial charge in [-0.3, -0.25) is 0 Å². The van der Waals surface area contributed by atoms with Gasteiger partial charge >= 0.3 is 0 Å². The van der Waals surface area contributed by atoms with Gasteiger partial charge in [0.2, 0.25) is 5.82 Å². The van der Waals surface area contributed by atoms with Crippen molar-refractivity contribution >= 4 is 0 Å². The van der Waals surface area contributed by atoms with E-state index < -0.39 is 17.5 Å². The number of ether oxygens (including phenoxy) is 3. The van der Waals surface area contributed by atoms with Gasteiger partial charge in [-0.05, 0) is 55.0 Å². The quantitative estimate of drug-likeness (QED) is 0.520. The molecule has 2 aromatic carbocycles. The number of halogens is 3. The van der Waals surface area contributed by atoms with Crippen LogP contribution in [0.15, 0.2) is 30.3 Å². The Kier molecular flexibility index (Phi) is 7.56. The first-order valence-electron chi connectivity index (χ1n) is 10.2. The van der Waals surface area contributed by atoms with E-state index >= 15 is 0 Å². The highest BCUT2D eigenvalue weighted by molar-refractivity contribution is 5.66. The third-order valence-electron chi connectivity index (χ3n) is 5.00. The molecule has 0 bridgehead atoms. The van der Waals surface area contributed by atoms with Gasteiger partial charge in [-0.25, -0.2) is 8.78 Å². The first kappa shape index (κ1) is 21.7. The molecule has 1 aliphatic rings. The van der Waals surface area contributed by atoms with Crippen molar-refractivity contribution in [3.05, 3.63) is 53.3 Å². The Balaban J connectivity index is 1.74. The summed E-state index contributed by atoms with van der Waals surface area (Å²) < 4.78 is 60.0. The van der Waals surface area contributed by atoms with Crippen molar-refractivity contribution in [2.75, 3.05) is 19.8 Å². The molecule has 0 amide bonds. The lowest BCUT2D eigenvalue weighted by atomic mass is 9.91. The first-order valence-corrected chi connectivity index (χ1v) is 10.2. The monoisotopic (exact) mass is 408 g/mol. The van der Waals surface area contributed by atoms with E-state index in [-0.39, 0.29) is 29.1 Å². The van der Waals surface area contributed by atoms with Gasteiger partial charge in [0.25, 0.3) is 0 Å². The zero-order valence-corrected chi connectivity index (χ0v) is 16.8. The minimum atomic E-state index is -1.06. The molecule has 2 unspecified atom stereocenters. The van der Waals surface area contributed by atoms with Gasteiger partial charge in [0, 0.05) is 18.1 Å². The highest BCUT2D eigenvalue weighted by Crippen LogP contribution is 2.34. The average molecular weight is 408 g/mol. The molecule has 0 spiro atoms. The van der Waals surface area contributed by atoms with Crippen LogP contribution in [0.5, 0.6) is 5.75 Å². The van der Waals surface area contributed by atoms with E-state index in [0.29, 0.717) is 38.2 Å². The summed E-state index contributed by atoms with van der Waals surface area (Å²) in [6.07, 6.45) is 2.81. The minimum absolute atomic E-state index is 0.00437. The van der Waals surface area contributed by atoms with Crippen LogP contribution in [0.3, 0.4) is 0 Å². The van der Waals surface area contributed by atoms with Gasteiger partial charge in [0.1, 0.15) is 5.82 Å². The smallest absolute Gasteiger partial charge is 0.201 e. The van der Waals surface area contributed by atoms with Crippen LogP contribution in [-0.4, -0.2) is 26.1 Å². The molecule has 2 atom stereocenters. The Bertz CT molecular complexity index is 817. The molecule has 0 radical (unpaired) electrons. The highest BCUT2D eigenvalue weighted by atomic mass is 19.2. The number of hydrogen-bond donors (Lipinski definition) is 0. The third kappa shape index (κ3) is 5.11. The summed E-state index contributed by atoms with van der Waals surface area (Å²) in [5.41, 5.74) is 0.807. The molecule has 1 saturated heterocycles. The Hall–Kier alpha value is -2.05. The van der Waals surface area contributed by atoms with Crippen molar-refractivity contribution in [1.82, 2.24) is 0 Å². The Morgan fingerprint density at radius 3 is 2.41 bits per heavy atom. The molecule has 0 saturated carbocycles. The van der Waals surface area contributed by atoms with Gasteiger partial charge in [-0.2, -0.15) is 4.39 Å². The topological polar surface area (TPSA) is 27.7 Å². The third-order valence-corrected chi connectivity index (χ3v) is 5.00. The second kappa shape index (κ2) is 10.1. The van der Waals surface area contributed by atoms with E-state index in [1.54, 1.807) is 12.1 Å². The Morgan fingerprint density at radius 2 is 1.76 bits per heavy atom. The van der Waals surface area contributed by atoms with Crippen LogP contribution in [0.1, 0.15) is 51.0 Å². The van der Waals surface area contributed by atoms with Gasteiger partial charge < -0.3 is 14.2 Å². The van der Waals surface area contributed by atoms with Crippen molar-refractivity contribution in [1.29, 1.82) is 0 Å². The zero-order valence-electron chi connectivity index (χ0n) is 16.8. The molecule has 3 nitrogen and oxygen atoms in total. The Labute approximate surface area is 169 Å². The number of benzene rings is 2. The Morgan fingerprint density at radius 1 is 0.966 bits per heavy atom. The maximum atomic E-state index is 14.8. The fraction of sp³-hybridized carbons (Fsp3) is 0.478. The summed E-state index contributed by atoms with van der Waals surface area (Å²) in [6.45, 7) is 5.22. The molecule has 3 rings (SSSR count). The van der Waals surface area contributed by atoms with Crippen molar-refractivity contribution in [3.8, 4) is 16.9 Å². The molecule has 0 aliphatic carbocycles. The van der Waals surface area contributed by atoms with Crippen molar-refractivity contribution in [3.63, 3.8) is 0 Å². The summed E-state index contributed by atoms with van der Waals surface area (Å²) in [5, 5.41) is 0. The second-order valence-electron chi connectivity index (χ2n) is 7.23. The zero-order chi connectivity index (χ0) is 20.8. The van der Waals surface area contributed by atoms with Crippen LogP contribution in [0, 0.1) is 17.5 Å². The summed E-state index contributed by atoms with van der Waals surface area (Å²) in [5.74, 6) is -2.77. The van der Waals surface area contributed by atoms with Crippen LogP contribution >= 0.6 is 0 Å². The van der Waals surface area contributed by atoms with Crippen LogP contribution in [-0.2, 0) is 9.47 Å². The largest absolute Gasteiger partial charge is 0.490 e. The van der Waals surface area contributed by atoms with E-state index in [1.807, 2.05) is 13.8 Å². The van der Waals surface area contributed by atoms with Gasteiger partial charge in [0.05, 0.1) is 13.2 Å². The molecule has 1 heterocycles. The summed E-state index contributed by atoms with van der Waals surface area (Å²) in [6, 6.07) is 7.28. The van der Waals surface area contributed by atoms with E-state index in [0.717, 1.165) is 12.8 Å². The van der Waals surface area contributed by atoms with E-state index in [2.05, 4.69) is 0 Å². The lowest BCUT2D eigenvalue weighted by molar-refractivity contribution is -0.167. The minimum Gasteiger partial charge on any atom is -0.490 e. The normalized spacial score (nSPS) is 19.3. The van der Waals surface area contributed by atoms with Crippen LogP contribution in [0.25, 0.3) is 11.1 Å². The van der Waals surface area contributed by atoms with Crippen LogP contribution in [0.2, 0.25) is 0 Å². The van der Waals surface area contributed by atoms with Gasteiger partial charge in [-0.1, -0.05) is 26.0 Å². The number of rotatable bonds is 8. The van der Waals surface area contributed by atoms with Crippen LogP contribution in [0.4, 0.5) is 13.2 Å². The second-order valence-corrected chi connectivity index (χ2v) is 7.23. The molecular weight excluding hydrogens is 381 g/mol. The maximum absolute atomic E-state index is 14.8. The lowest BCUT2D eigenvalue weighted by Gasteiger charge is -2.29. The standard InChI is InChI=1S/C23H27F3O3/c1-3-11-27-20-9-8-18(22(25)23(20)26)15-5-7-17(19(24)13-15)16-6-10-21(29-14-16)28-12-4-2/h5,7-9,13,16,21H,3-4,6,10-12,14H2,1-2H3. The molecule has 29 heavy (non-hydrogen) atoms. The molecule has 2 aromatic rings. The molecule has 0 aromatic heterocycles. The molecule has 1 fully saturated rings. The van der Waals surface area contributed by atoms with E-state index in [1.165, 1.54) is 18.2 Å². The van der Waals surface area contributed by atoms with Crippen LogP contribution < -0.4 is 4.74 Å². The molecule has 158 valence electrons. The van der Waals surface area contributed by atoms with Gasteiger partial charge in [-0.15, -0.1) is 0 Å². The molecule has 0 N–H and O–H groups in total. The average Bonchev–Trinajstić information content (AvgIpc) is 2.74. The summed E-state index contributed by atoms with van der Waals surface area (Å²) >= 11 is 0. The molecule has 1 aliphatic heterocycles. The van der Waals surface area contributed by atoms with E-state index in [9.17, 15) is 13.2 Å². The predicted molar refractivity (Wildman–Crippen MR) is 105 cm³/mol. The maximum Gasteiger partial charge on any atom is 0.201 e. The summed E-state index contributed by atoms with van der Waals surface area (Å²) in [7, 11) is 0. The van der Waals surface area contributed by atoms with Crippen molar-refractivity contribution in [2.45, 2.75) is 51.7 Å². The lowest BCUT2D eigenvalue weighted by Crippen LogP contribution is -2.27.